The second kappa shape index (κ2) is 30.4. The number of aliphatic hydroxyl groups is 21. The average Bonchev–Trinajstić information content (AvgIpc) is 3.82. The zero-order chi connectivity index (χ0) is 61.7. The molecule has 0 saturated carbocycles. The van der Waals surface area contributed by atoms with Crippen LogP contribution in [0, 0.1) is 0 Å². The smallest absolute Gasteiger partial charge is 0.726 e. The van der Waals surface area contributed by atoms with E-state index in [4.69, 9.17) is 58.0 Å². The molecule has 0 aromatic rings. The second-order valence-corrected chi connectivity index (χ2v) is 21.4. The van der Waals surface area contributed by atoms with E-state index in [1.807, 2.05) is 0 Å². The molecule has 6 saturated heterocycles. The number of rotatable bonds is 21. The van der Waals surface area contributed by atoms with Gasteiger partial charge in [0, 0.05) is 0 Å². The summed E-state index contributed by atoms with van der Waals surface area (Å²) in [6, 6.07) is 0. The number of hydrogen-bond acceptors (Lipinski definition) is 42. The Morgan fingerprint density at radius 1 is 0.317 bits per heavy atom. The van der Waals surface area contributed by atoms with Crippen molar-refractivity contribution in [2.75, 3.05) is 59.5 Å². The fourth-order valence-corrected chi connectivity index (χ4v) is 9.24. The van der Waals surface area contributed by atoms with Crippen molar-refractivity contribution in [1.29, 1.82) is 0 Å². The first-order valence-electron chi connectivity index (χ1n) is 23.1. The molecule has 0 bridgehead atoms. The summed E-state index contributed by atoms with van der Waals surface area (Å²) in [6.45, 7) is -8.88. The minimum Gasteiger partial charge on any atom is -0.726 e. The second-order valence-electron chi connectivity index (χ2n) is 18.2. The van der Waals surface area contributed by atoms with Crippen LogP contribution in [0.5, 0.6) is 0 Å². The topological polar surface area (TPSA) is 707 Å². The van der Waals surface area contributed by atoms with Crippen LogP contribution in [0.4, 0.5) is 0 Å². The summed E-state index contributed by atoms with van der Waals surface area (Å²) in [5.41, 5.74) is 0. The molecule has 0 spiro atoms. The summed E-state index contributed by atoms with van der Waals surface area (Å²) >= 11 is 0. The van der Waals surface area contributed by atoms with Crippen LogP contribution in [-0.4, -0.2) is 387 Å². The largest absolute Gasteiger partial charge is 3.00 e. The maximum absolute atomic E-state index is 10.8. The van der Waals surface area contributed by atoms with Gasteiger partial charge in [0.15, 0.2) is 18.9 Å². The van der Waals surface area contributed by atoms with Crippen LogP contribution in [0.1, 0.15) is 0 Å². The van der Waals surface area contributed by atoms with Gasteiger partial charge >= 0.3 is 17.4 Å². The van der Waals surface area contributed by atoms with E-state index in [9.17, 15) is 131 Å². The summed E-state index contributed by atoms with van der Waals surface area (Å²) in [5.74, 6) is -7.84. The molecular weight excluding hydrogens is 1230 g/mol. The van der Waals surface area contributed by atoms with Gasteiger partial charge in [0.05, 0.1) is 39.6 Å². The van der Waals surface area contributed by atoms with E-state index in [1.54, 1.807) is 0 Å². The molecule has 480 valence electrons. The van der Waals surface area contributed by atoms with Gasteiger partial charge < -0.3 is 164 Å². The van der Waals surface area contributed by atoms with Gasteiger partial charge in [-0.2, -0.15) is 0 Å². The van der Waals surface area contributed by atoms with Crippen molar-refractivity contribution in [1.82, 2.24) is 0 Å². The third-order valence-corrected chi connectivity index (χ3v) is 14.0. The number of hydrogen-bond donors (Lipinski definition) is 21. The molecular formula is C36H63AlO42S3. The van der Waals surface area contributed by atoms with E-state index >= 15 is 0 Å². The molecule has 42 nitrogen and oxygen atoms in total. The first kappa shape index (κ1) is 75.2. The Kier molecular flexibility index (Phi) is 27.9. The van der Waals surface area contributed by atoms with Crippen molar-refractivity contribution in [3.63, 3.8) is 0 Å². The van der Waals surface area contributed by atoms with Gasteiger partial charge in [-0.1, -0.05) is 0 Å². The zero-order valence-corrected chi connectivity index (χ0v) is 45.1. The minimum absolute atomic E-state index is 0. The van der Waals surface area contributed by atoms with Crippen LogP contribution >= 0.6 is 0 Å². The molecule has 6 heterocycles. The molecule has 21 N–H and O–H groups in total. The maximum atomic E-state index is 10.8. The fourth-order valence-electron chi connectivity index (χ4n) is 8.31. The van der Waals surface area contributed by atoms with Crippen LogP contribution in [0.25, 0.3) is 0 Å². The standard InChI is InChI=1S/3C12H22O14S.Al/c3*13-1-4-6(15)8(17)9(18)11(24-4)26-12(3-23-27(20,21)22)10(19)7(16)5(2-14)25-12;/h3*4-11,13-19H,1-3H2,(H,20,21,22);/q;;;+3/p-3/t3*4-,5-,6-,7-,8+,9-,10+,11-,12+;/m111./s1. The fraction of sp³-hybridized carbons (Fsp3) is 1.00. The summed E-state index contributed by atoms with van der Waals surface area (Å²) in [4.78, 5) is 0. The molecule has 0 aromatic carbocycles. The van der Waals surface area contributed by atoms with E-state index < -0.39 is 255 Å². The van der Waals surface area contributed by atoms with Crippen molar-refractivity contribution in [2.24, 2.45) is 0 Å². The molecule has 6 aliphatic rings. The number of ether oxygens (including phenoxy) is 9. The Morgan fingerprint density at radius 3 is 0.671 bits per heavy atom. The van der Waals surface area contributed by atoms with Crippen molar-refractivity contribution in [2.45, 2.75) is 164 Å². The first-order chi connectivity index (χ1) is 37.4. The molecule has 0 aromatic heterocycles. The van der Waals surface area contributed by atoms with Crippen molar-refractivity contribution < 1.29 is 201 Å². The Hall–Kier alpha value is -1.06. The Balaban J connectivity index is 0.000000321. The van der Waals surface area contributed by atoms with Gasteiger partial charge in [-0.25, -0.2) is 25.3 Å². The quantitative estimate of drug-likeness (QED) is 0.0288. The van der Waals surface area contributed by atoms with Gasteiger partial charge in [-0.05, 0) is 0 Å². The third-order valence-electron chi connectivity index (χ3n) is 12.8. The Labute approximate surface area is 472 Å². The Bertz CT molecular complexity index is 2050. The van der Waals surface area contributed by atoms with Crippen LogP contribution in [0.15, 0.2) is 0 Å². The summed E-state index contributed by atoms with van der Waals surface area (Å²) in [5, 5.41) is 204. The zero-order valence-electron chi connectivity index (χ0n) is 41.5. The van der Waals surface area contributed by atoms with Crippen molar-refractivity contribution in [3.8, 4) is 0 Å². The molecule has 6 fully saturated rings. The van der Waals surface area contributed by atoms with Crippen LogP contribution in [0.2, 0.25) is 0 Å². The summed E-state index contributed by atoms with van der Waals surface area (Å²) < 4.78 is 155. The van der Waals surface area contributed by atoms with Gasteiger partial charge in [0.1, 0.15) is 148 Å². The minimum atomic E-state index is -5.30. The van der Waals surface area contributed by atoms with E-state index in [-0.39, 0.29) is 17.4 Å². The molecule has 6 rings (SSSR count). The molecule has 6 aliphatic heterocycles. The van der Waals surface area contributed by atoms with E-state index in [0.717, 1.165) is 0 Å². The van der Waals surface area contributed by atoms with Crippen LogP contribution in [0.3, 0.4) is 0 Å². The molecule has 0 aliphatic carbocycles. The van der Waals surface area contributed by atoms with Gasteiger partial charge in [0.2, 0.25) is 48.6 Å². The van der Waals surface area contributed by atoms with E-state index in [2.05, 4.69) is 12.5 Å². The van der Waals surface area contributed by atoms with Gasteiger partial charge in [0.25, 0.3) is 0 Å². The SMILES string of the molecule is O=S(=O)([O-])OC[C@@]1(O[C@H]2O[C@H](CO)[C@@H](O)[C@H](O)[C@H]2O)O[C@H](CO)[C@@H](O)[C@@H]1O.O=S(=O)([O-])OC[C@@]1(O[C@H]2O[C@H](CO)[C@@H](O)[C@H](O)[C@H]2O)O[C@H](CO)[C@@H](O)[C@@H]1O.O=S(=O)([O-])OC[C@@]1(O[C@H]2O[C@H](CO)[C@@H](O)[C@H](O)[C@H]2O)O[C@H](CO)[C@@H](O)[C@@H]1O.[Al+3]. The Morgan fingerprint density at radius 2 is 0.512 bits per heavy atom. The molecule has 46 heteroatoms. The normalized spacial score (nSPS) is 45.4. The molecule has 0 amide bonds. The average molecular weight is 1290 g/mol. The summed E-state index contributed by atoms with van der Waals surface area (Å²) in [7, 11) is -15.9. The molecule has 27 atom stereocenters. The van der Waals surface area contributed by atoms with Gasteiger partial charge in [-0.15, -0.1) is 0 Å². The first-order valence-corrected chi connectivity index (χ1v) is 27.1. The van der Waals surface area contributed by atoms with E-state index in [1.165, 1.54) is 0 Å². The third kappa shape index (κ3) is 17.8. The van der Waals surface area contributed by atoms with Crippen molar-refractivity contribution >= 4 is 48.6 Å². The van der Waals surface area contributed by atoms with Crippen LogP contribution in [-0.2, 0) is 86.4 Å². The summed E-state index contributed by atoms with van der Waals surface area (Å²) in [6.07, 6.45) is -42.8. The molecule has 82 heavy (non-hydrogen) atoms. The molecule has 0 radical (unpaired) electrons. The van der Waals surface area contributed by atoms with Gasteiger partial charge in [-0.3, -0.25) is 12.5 Å². The monoisotopic (exact) mass is 1290 g/mol. The van der Waals surface area contributed by atoms with Crippen molar-refractivity contribution in [3.05, 3.63) is 0 Å². The number of aliphatic hydroxyl groups excluding tert-OH is 21. The van der Waals surface area contributed by atoms with E-state index in [0.29, 0.717) is 0 Å². The predicted octanol–water partition coefficient (Wildman–Crippen LogP) is -18.1. The molecule has 0 unspecified atom stereocenters. The van der Waals surface area contributed by atoms with Crippen LogP contribution < -0.4 is 0 Å². The predicted molar refractivity (Wildman–Crippen MR) is 237 cm³/mol. The maximum Gasteiger partial charge on any atom is 3.00 e.